The van der Waals surface area contributed by atoms with Gasteiger partial charge in [0.25, 0.3) is 0 Å². The van der Waals surface area contributed by atoms with Gasteiger partial charge >= 0.3 is 19.5 Å². The first-order valence-electron chi connectivity index (χ1n) is 34.4. The van der Waals surface area contributed by atoms with Crippen molar-refractivity contribution >= 4 is 221 Å². The first kappa shape index (κ1) is 71.7. The van der Waals surface area contributed by atoms with E-state index in [0.29, 0.717) is 161 Å². The summed E-state index contributed by atoms with van der Waals surface area (Å²) in [5.41, 5.74) is 7.88. The number of benzene rings is 8. The quantitative estimate of drug-likeness (QED) is 0.0605. The number of aromatic nitrogens is 8. The van der Waals surface area contributed by atoms with Crippen molar-refractivity contribution < 1.29 is 38.4 Å². The molecule has 9 heterocycles. The minimum atomic E-state index is -0.413. The SMILES string of the molecule is [B][11B]C1[11B]([B])C1([11B][B])Cc1ccc(Oc2ccc3c(c2)-c2nc-3nc3[n-]c(nc4nc(nc5[n-]c(n2)c2ccc(Oc6ccc(CC7([11B][B])[11B]([B])C7[11B][B])cc6)cc52)-c2ccc(Oc5ccc(CC6([11B][B])[11B]([B])C6[11B][B])cc5)cc2-4)c2ccc(Oc4ccc(CC5([11B][B])[11B]([B])C5[11B][B])cc4)cc32)cc1.[Zn+2]. The molecule has 4 saturated heterocycles. The molecule has 450 valence electrons. The number of ether oxygens (including phenoxy) is 4. The Balaban J connectivity index is 0.00000847. The molecule has 37 heteroatoms. The van der Waals surface area contributed by atoms with Crippen LogP contribution in [0.4, 0.5) is 0 Å². The Labute approximate surface area is 647 Å². The van der Waals surface area contributed by atoms with Gasteiger partial charge in [0, 0.05) is 166 Å². The van der Waals surface area contributed by atoms with Gasteiger partial charge in [0.05, 0.1) is 78.4 Å². The Morgan fingerprint density at radius 3 is 0.790 bits per heavy atom. The molecule has 105 heavy (non-hydrogen) atoms. The standard InChI is InChI=1S/C68H40B24N8O4.Zn/c69-81-61-65(85-73,89(61)77)29-33-1-9-37(10-2-33)101-41-17-21-45-49(25-41)57-93-53(45)98-58-51-27-43(103-39-13-5-35(6-14-39)31-67(87-75)63(83-71)91(67)79)19-23-47(51)55(95-58)100-60-52-28-44(104-40-15-7-36(8-16-40)32-68(88-76)64(84-72)92(68)80)20-24-48(52)56(96-60)99-59-50-26-42(18-22-46(50)54(94-59)97-57)102-38-11-3-34(4-12-38)30-66(86-74)62(82-70)90(66)78;/h1-28,61-64H,29-32H2;/q-2;+2/i81+0,82+0,83+0,84+0,85+0,86+0,87+0,88+0,89+0,90+0,91+0,92+0;. The van der Waals surface area contributed by atoms with Crippen LogP contribution in [0, 0.1) is 0 Å². The minimum absolute atomic E-state index is 0. The van der Waals surface area contributed by atoms with Gasteiger partial charge < -0.3 is 48.9 Å². The molecule has 4 fully saturated rings. The predicted molar refractivity (Wildman–Crippen MR) is 439 cm³/mol. The van der Waals surface area contributed by atoms with Gasteiger partial charge in [0.15, 0.2) is 0 Å². The normalized spacial score (nSPS) is 21.9. The van der Waals surface area contributed by atoms with Crippen LogP contribution in [0.25, 0.3) is 89.7 Å². The van der Waals surface area contributed by atoms with Gasteiger partial charge in [-0.3, -0.25) is 0 Å². The maximum Gasteiger partial charge on any atom is 2.00 e. The van der Waals surface area contributed by atoms with Crippen molar-refractivity contribution in [1.82, 2.24) is 39.9 Å². The summed E-state index contributed by atoms with van der Waals surface area (Å²) in [5.74, 6) is 5.71. The van der Waals surface area contributed by atoms with Crippen molar-refractivity contribution in [3.05, 3.63) is 192 Å². The van der Waals surface area contributed by atoms with Crippen LogP contribution in [0.2, 0.25) is 43.7 Å². The van der Waals surface area contributed by atoms with E-state index in [2.05, 4.69) is 0 Å². The third-order valence-electron chi connectivity index (χ3n) is 22.4. The van der Waals surface area contributed by atoms with Crippen molar-refractivity contribution in [3.63, 3.8) is 0 Å². The molecule has 11 aromatic rings. The molecular weight excluding hydrogens is 1320 g/mol. The second-order valence-corrected chi connectivity index (χ2v) is 28.1. The van der Waals surface area contributed by atoms with Gasteiger partial charge in [-0.15, -0.1) is 43.7 Å². The monoisotopic (exact) mass is 1360 g/mol. The van der Waals surface area contributed by atoms with Crippen LogP contribution in [0.5, 0.6) is 46.0 Å². The molecular formula is C68H40B24N8O4Zn. The molecule has 8 aromatic carbocycles. The predicted octanol–water partition coefficient (Wildman–Crippen LogP) is 6.56. The van der Waals surface area contributed by atoms with E-state index >= 15 is 0 Å². The second kappa shape index (κ2) is 28.3. The molecule has 0 saturated carbocycles. The fraction of sp³-hybridized carbons (Fsp3) is 0.176. The molecule has 12 nitrogen and oxygen atoms in total. The largest absolute Gasteiger partial charge is 2.00 e. The van der Waals surface area contributed by atoms with Crippen LogP contribution in [0.15, 0.2) is 170 Å². The Kier molecular flexibility index (Phi) is 19.3. The molecule has 0 spiro atoms. The van der Waals surface area contributed by atoms with Crippen molar-refractivity contribution in [1.29, 1.82) is 0 Å². The second-order valence-electron chi connectivity index (χ2n) is 28.1. The Morgan fingerprint density at radius 1 is 0.295 bits per heavy atom. The summed E-state index contributed by atoms with van der Waals surface area (Å²) in [5, 5.41) is 0.893. The van der Waals surface area contributed by atoms with E-state index in [1.807, 2.05) is 170 Å². The summed E-state index contributed by atoms with van der Waals surface area (Å²) in [6.45, 7) is -0.643. The Morgan fingerprint density at radius 2 is 0.533 bits per heavy atom. The maximum atomic E-state index is 6.61. The fourth-order valence-electron chi connectivity index (χ4n) is 15.8. The van der Waals surface area contributed by atoms with E-state index in [9.17, 15) is 0 Å². The first-order chi connectivity index (χ1) is 50.6. The van der Waals surface area contributed by atoms with Crippen LogP contribution >= 0.6 is 0 Å². The first-order valence-corrected chi connectivity index (χ1v) is 34.4. The molecule has 0 amide bonds. The zero-order valence-corrected chi connectivity index (χ0v) is 60.0. The molecule has 8 unspecified atom stereocenters. The molecule has 6 aliphatic rings. The van der Waals surface area contributed by atoms with E-state index in [4.69, 9.17) is 152 Å². The number of fused-ring (bicyclic) bond motifs is 20. The average Bonchev–Trinajstić information content (AvgIpc) is 1.58. The summed E-state index contributed by atoms with van der Waals surface area (Å²) in [7, 11) is 87.4. The van der Waals surface area contributed by atoms with Gasteiger partial charge in [0.2, 0.25) is 0 Å². The van der Waals surface area contributed by atoms with Gasteiger partial charge in [0.1, 0.15) is 46.0 Å². The molecule has 8 bridgehead atoms. The number of rotatable bonds is 24. The van der Waals surface area contributed by atoms with E-state index in [-0.39, 0.29) is 68.8 Å². The van der Waals surface area contributed by atoms with Crippen LogP contribution in [0.1, 0.15) is 22.3 Å². The van der Waals surface area contributed by atoms with Crippen LogP contribution in [-0.2, 0) is 45.2 Å². The molecule has 6 aliphatic heterocycles. The molecule has 3 aromatic heterocycles. The van der Waals surface area contributed by atoms with Gasteiger partial charge in [-0.1, -0.05) is 48.5 Å². The van der Waals surface area contributed by atoms with E-state index in [0.717, 1.165) is 22.3 Å². The van der Waals surface area contributed by atoms with E-state index in [1.54, 1.807) is 57.4 Å². The van der Waals surface area contributed by atoms with Crippen molar-refractivity contribution in [2.45, 2.75) is 69.4 Å². The van der Waals surface area contributed by atoms with Crippen molar-refractivity contribution in [3.8, 4) is 91.5 Å². The van der Waals surface area contributed by atoms with Crippen LogP contribution in [0.3, 0.4) is 0 Å². The zero-order chi connectivity index (χ0) is 71.6. The smallest absolute Gasteiger partial charge is 0.457 e. The van der Waals surface area contributed by atoms with Gasteiger partial charge in [-0.25, -0.2) is 9.97 Å². The van der Waals surface area contributed by atoms with Gasteiger partial charge in [-0.05, 0) is 191 Å². The summed E-state index contributed by atoms with van der Waals surface area (Å²) in [4.78, 5) is 42.2. The third kappa shape index (κ3) is 12.7. The summed E-state index contributed by atoms with van der Waals surface area (Å²) in [6.07, 6.45) is 2.50. The van der Waals surface area contributed by atoms with Crippen LogP contribution < -0.4 is 28.9 Å². The molecule has 0 N–H and O–H groups in total. The maximum absolute atomic E-state index is 6.61. The molecule has 0 aliphatic carbocycles. The molecule has 8 atom stereocenters. The number of hydrogen-bond donors (Lipinski definition) is 0. The summed E-state index contributed by atoms with van der Waals surface area (Å²) in [6, 6.07) is 54.0. The molecule has 32 radical (unpaired) electrons. The topological polar surface area (TPSA) is 142 Å². The van der Waals surface area contributed by atoms with Crippen molar-refractivity contribution in [2.24, 2.45) is 0 Å². The fourth-order valence-corrected chi connectivity index (χ4v) is 15.8. The zero-order valence-electron chi connectivity index (χ0n) is 57.1. The number of hydrogen-bond acceptors (Lipinski definition) is 10. The van der Waals surface area contributed by atoms with E-state index < -0.39 is 20.9 Å². The van der Waals surface area contributed by atoms with Crippen molar-refractivity contribution in [2.75, 3.05) is 0 Å². The van der Waals surface area contributed by atoms with E-state index in [1.165, 1.54) is 0 Å². The summed E-state index contributed by atoms with van der Waals surface area (Å²) < 4.78 is 26.4. The minimum Gasteiger partial charge on any atom is -0.457 e. The Bertz CT molecular complexity index is 5050. The average molecular weight is 1360 g/mol. The Hall–Kier alpha value is -7.50. The van der Waals surface area contributed by atoms with Crippen LogP contribution in [-0.4, -0.2) is 207 Å². The van der Waals surface area contributed by atoms with Gasteiger partial charge in [-0.2, -0.15) is 0 Å². The number of nitrogens with zero attached hydrogens (tertiary/aromatic N) is 8. The molecule has 17 rings (SSSR count). The third-order valence-corrected chi connectivity index (χ3v) is 22.4. The summed E-state index contributed by atoms with van der Waals surface area (Å²) >= 11 is 0.